The van der Waals surface area contributed by atoms with Crippen molar-refractivity contribution in [3.63, 3.8) is 0 Å². The first kappa shape index (κ1) is 10.3. The molecule has 4 heteroatoms. The third kappa shape index (κ3) is 5.15. The molecule has 0 aliphatic heterocycles. The minimum atomic E-state index is 0.551. The maximum Gasteiger partial charge on any atom is 0.395 e. The lowest BCUT2D eigenvalue weighted by Crippen LogP contribution is -2.34. The summed E-state index contributed by atoms with van der Waals surface area (Å²) in [5, 5.41) is 3.15. The minimum Gasteiger partial charge on any atom is -0.427 e. The van der Waals surface area contributed by atoms with Gasteiger partial charge in [0.1, 0.15) is 0 Å². The van der Waals surface area contributed by atoms with Crippen LogP contribution in [0, 0.1) is 0 Å². The van der Waals surface area contributed by atoms with Crippen LogP contribution in [0.2, 0.25) is 0 Å². The summed E-state index contributed by atoms with van der Waals surface area (Å²) < 4.78 is 4.78. The van der Waals surface area contributed by atoms with Crippen molar-refractivity contribution in [1.82, 2.24) is 5.23 Å². The van der Waals surface area contributed by atoms with E-state index in [0.717, 1.165) is 12.2 Å². The van der Waals surface area contributed by atoms with Gasteiger partial charge in [-0.2, -0.15) is 11.8 Å². The number of nitrogens with one attached hydrogen (secondary N) is 1. The smallest absolute Gasteiger partial charge is 0.395 e. The molecular formula is C6H15BNOS. The Morgan fingerprint density at radius 1 is 1.70 bits per heavy atom. The highest BCUT2D eigenvalue weighted by molar-refractivity contribution is 7.98. The summed E-state index contributed by atoms with van der Waals surface area (Å²) in [4.78, 5) is 0. The van der Waals surface area contributed by atoms with E-state index in [9.17, 15) is 0 Å². The molecule has 0 rings (SSSR count). The maximum atomic E-state index is 4.78. The van der Waals surface area contributed by atoms with Gasteiger partial charge in [0, 0.05) is 18.9 Å². The SMILES string of the molecule is CC[C@H](CSC)N[B]OC. The highest BCUT2D eigenvalue weighted by Gasteiger charge is 2.03. The topological polar surface area (TPSA) is 21.3 Å². The van der Waals surface area contributed by atoms with E-state index in [-0.39, 0.29) is 0 Å². The largest absolute Gasteiger partial charge is 0.427 e. The van der Waals surface area contributed by atoms with Gasteiger partial charge in [0.05, 0.1) is 0 Å². The fourth-order valence-electron chi connectivity index (χ4n) is 0.649. The summed E-state index contributed by atoms with van der Waals surface area (Å²) in [5.74, 6) is 1.14. The molecule has 0 aromatic rings. The van der Waals surface area contributed by atoms with Crippen molar-refractivity contribution in [2.45, 2.75) is 19.4 Å². The van der Waals surface area contributed by atoms with Crippen LogP contribution >= 0.6 is 11.8 Å². The van der Waals surface area contributed by atoms with Crippen LogP contribution in [0.4, 0.5) is 0 Å². The Bertz CT molecular complexity index is 74.8. The zero-order valence-electron chi connectivity index (χ0n) is 6.89. The van der Waals surface area contributed by atoms with Crippen molar-refractivity contribution in [3.8, 4) is 0 Å². The molecule has 59 valence electrons. The van der Waals surface area contributed by atoms with Crippen LogP contribution in [0.5, 0.6) is 0 Å². The van der Waals surface area contributed by atoms with Crippen molar-refractivity contribution in [3.05, 3.63) is 0 Å². The van der Waals surface area contributed by atoms with Gasteiger partial charge in [0.15, 0.2) is 0 Å². The zero-order valence-corrected chi connectivity index (χ0v) is 7.70. The Labute approximate surface area is 68.4 Å². The van der Waals surface area contributed by atoms with E-state index >= 15 is 0 Å². The predicted molar refractivity (Wildman–Crippen MR) is 48.4 cm³/mol. The van der Waals surface area contributed by atoms with Crippen LogP contribution in [-0.2, 0) is 4.65 Å². The van der Waals surface area contributed by atoms with Crippen molar-refractivity contribution >= 4 is 19.4 Å². The van der Waals surface area contributed by atoms with Crippen LogP contribution in [0.1, 0.15) is 13.3 Å². The quantitative estimate of drug-likeness (QED) is 0.583. The molecule has 0 aliphatic carbocycles. The van der Waals surface area contributed by atoms with Crippen molar-refractivity contribution in [1.29, 1.82) is 0 Å². The lowest BCUT2D eigenvalue weighted by Gasteiger charge is -2.13. The first-order valence-corrected chi connectivity index (χ1v) is 4.84. The van der Waals surface area contributed by atoms with Crippen LogP contribution in [0.15, 0.2) is 0 Å². The molecule has 0 aromatic carbocycles. The Balaban J connectivity index is 3.21. The Hall–Kier alpha value is 0.335. The average molecular weight is 160 g/mol. The molecule has 0 amide bonds. The standard InChI is InChI=1S/C6H15BNOS/c1-4-6(5-10-3)8-7-9-2/h6,8H,4-5H2,1-3H3/t6-/m1/s1. The fourth-order valence-corrected chi connectivity index (χ4v) is 1.38. The normalized spacial score (nSPS) is 13.1. The highest BCUT2D eigenvalue weighted by atomic mass is 32.2. The lowest BCUT2D eigenvalue weighted by atomic mass is 10.1. The Morgan fingerprint density at radius 3 is 2.80 bits per heavy atom. The van der Waals surface area contributed by atoms with Gasteiger partial charge in [-0.05, 0) is 12.7 Å². The predicted octanol–water partition coefficient (Wildman–Crippen LogP) is 0.898. The summed E-state index contributed by atoms with van der Waals surface area (Å²) in [5.41, 5.74) is 0. The van der Waals surface area contributed by atoms with E-state index in [4.69, 9.17) is 4.65 Å². The first-order valence-electron chi connectivity index (χ1n) is 3.44. The van der Waals surface area contributed by atoms with Gasteiger partial charge in [0.25, 0.3) is 0 Å². The first-order chi connectivity index (χ1) is 4.85. The molecule has 2 nitrogen and oxygen atoms in total. The molecule has 0 saturated carbocycles. The van der Waals surface area contributed by atoms with Crippen LogP contribution in [-0.4, -0.2) is 32.8 Å². The molecule has 1 radical (unpaired) electrons. The van der Waals surface area contributed by atoms with E-state index in [1.165, 1.54) is 0 Å². The molecule has 0 heterocycles. The molecule has 10 heavy (non-hydrogen) atoms. The summed E-state index contributed by atoms with van der Waals surface area (Å²) in [6.07, 6.45) is 3.25. The molecule has 0 spiro atoms. The van der Waals surface area contributed by atoms with E-state index in [2.05, 4.69) is 18.4 Å². The average Bonchev–Trinajstić information content (AvgIpc) is 1.98. The van der Waals surface area contributed by atoms with Gasteiger partial charge in [-0.3, -0.25) is 0 Å². The van der Waals surface area contributed by atoms with Crippen LogP contribution < -0.4 is 5.23 Å². The number of rotatable bonds is 6. The van der Waals surface area contributed by atoms with Crippen molar-refractivity contribution in [2.24, 2.45) is 0 Å². The van der Waals surface area contributed by atoms with Crippen molar-refractivity contribution < 1.29 is 4.65 Å². The lowest BCUT2D eigenvalue weighted by molar-refractivity contribution is 0.422. The van der Waals surface area contributed by atoms with E-state index in [0.29, 0.717) is 6.04 Å². The summed E-state index contributed by atoms with van der Waals surface area (Å²) >= 11 is 1.85. The summed E-state index contributed by atoms with van der Waals surface area (Å²) in [7, 11) is 3.29. The van der Waals surface area contributed by atoms with Gasteiger partial charge in [0.2, 0.25) is 0 Å². The summed E-state index contributed by atoms with van der Waals surface area (Å²) in [6, 6.07) is 0.551. The fraction of sp³-hybridized carbons (Fsp3) is 1.00. The second-order valence-electron chi connectivity index (χ2n) is 2.08. The number of hydrogen-bond acceptors (Lipinski definition) is 3. The molecule has 0 fully saturated rings. The maximum absolute atomic E-state index is 4.78. The van der Waals surface area contributed by atoms with E-state index < -0.39 is 0 Å². The third-order valence-electron chi connectivity index (χ3n) is 1.28. The molecule has 0 aliphatic rings. The van der Waals surface area contributed by atoms with Crippen LogP contribution in [0.3, 0.4) is 0 Å². The highest BCUT2D eigenvalue weighted by Crippen LogP contribution is 1.99. The second kappa shape index (κ2) is 7.44. The van der Waals surface area contributed by atoms with Crippen LogP contribution in [0.25, 0.3) is 0 Å². The Kier molecular flexibility index (Phi) is 7.69. The number of hydrogen-bond donors (Lipinski definition) is 1. The molecular weight excluding hydrogens is 145 g/mol. The van der Waals surface area contributed by atoms with E-state index in [1.54, 1.807) is 14.7 Å². The second-order valence-corrected chi connectivity index (χ2v) is 2.99. The number of thioether (sulfide) groups is 1. The molecule has 0 aromatic heterocycles. The van der Waals surface area contributed by atoms with Gasteiger partial charge in [-0.15, -0.1) is 0 Å². The summed E-state index contributed by atoms with van der Waals surface area (Å²) in [6.45, 7) is 2.16. The van der Waals surface area contributed by atoms with Gasteiger partial charge >= 0.3 is 7.62 Å². The van der Waals surface area contributed by atoms with Gasteiger partial charge in [-0.1, -0.05) is 6.92 Å². The van der Waals surface area contributed by atoms with Gasteiger partial charge < -0.3 is 9.88 Å². The Morgan fingerprint density at radius 2 is 2.40 bits per heavy atom. The molecule has 1 atom stereocenters. The minimum absolute atomic E-state index is 0.551. The molecule has 0 saturated heterocycles. The zero-order chi connectivity index (χ0) is 7.82. The molecule has 0 unspecified atom stereocenters. The molecule has 0 bridgehead atoms. The van der Waals surface area contributed by atoms with Crippen molar-refractivity contribution in [2.75, 3.05) is 19.1 Å². The van der Waals surface area contributed by atoms with E-state index in [1.807, 2.05) is 11.8 Å². The third-order valence-corrected chi connectivity index (χ3v) is 2.02. The molecule has 1 N–H and O–H groups in total. The monoisotopic (exact) mass is 160 g/mol. The van der Waals surface area contributed by atoms with Gasteiger partial charge in [-0.25, -0.2) is 0 Å².